The summed E-state index contributed by atoms with van der Waals surface area (Å²) in [6.07, 6.45) is 2.10. The zero-order valence-corrected chi connectivity index (χ0v) is 42.4. The highest BCUT2D eigenvalue weighted by atomic mass is 16.3. The summed E-state index contributed by atoms with van der Waals surface area (Å²) in [6.45, 7) is 1.80. The zero-order valence-electron chi connectivity index (χ0n) is 42.4. The van der Waals surface area contributed by atoms with Crippen molar-refractivity contribution in [1.82, 2.24) is 36.9 Å². The van der Waals surface area contributed by atoms with Crippen LogP contribution >= 0.6 is 0 Å². The molecular weight excluding hydrogens is 981 g/mol. The van der Waals surface area contributed by atoms with E-state index in [1.807, 2.05) is 24.3 Å². The number of nitrogens with one attached hydrogen (secondary N) is 7. The summed E-state index contributed by atoms with van der Waals surface area (Å²) >= 11 is 0. The van der Waals surface area contributed by atoms with Crippen LogP contribution in [0.4, 0.5) is 0 Å². The van der Waals surface area contributed by atoms with Gasteiger partial charge in [0.1, 0.15) is 42.0 Å². The first kappa shape index (κ1) is 59.6. The van der Waals surface area contributed by atoms with Gasteiger partial charge in [-0.25, -0.2) is 0 Å². The highest BCUT2D eigenvalue weighted by molar-refractivity contribution is 5.97. The average molecular weight is 1050 g/mol. The van der Waals surface area contributed by atoms with Gasteiger partial charge < -0.3 is 87.9 Å². The summed E-state index contributed by atoms with van der Waals surface area (Å²) in [6, 6.07) is 12.3. The number of carbonyl (C=O) groups excluding carboxylic acids is 7. The topological polar surface area (TPSA) is 473 Å². The van der Waals surface area contributed by atoms with E-state index >= 15 is 0 Å². The minimum absolute atomic E-state index is 0.0431. The largest absolute Gasteiger partial charge is 0.508 e. The number of aromatic nitrogens is 1. The minimum Gasteiger partial charge on any atom is -0.508 e. The second-order valence-corrected chi connectivity index (χ2v) is 18.0. The van der Waals surface area contributed by atoms with Gasteiger partial charge in [0.2, 0.25) is 41.4 Å². The van der Waals surface area contributed by atoms with E-state index in [4.69, 9.17) is 45.9 Å². The van der Waals surface area contributed by atoms with Crippen LogP contribution in [0.2, 0.25) is 0 Å². The predicted molar refractivity (Wildman–Crippen MR) is 288 cm³/mol. The number of fused-ring (bicyclic) bond motifs is 1. The van der Waals surface area contributed by atoms with Crippen molar-refractivity contribution in [3.63, 3.8) is 0 Å². The quantitative estimate of drug-likeness (QED) is 0.0135. The Labute approximate surface area is 439 Å². The van der Waals surface area contributed by atoms with E-state index in [2.05, 4.69) is 51.9 Å². The molecule has 26 heteroatoms. The molecule has 0 saturated heterocycles. The number of aromatic hydroxyl groups is 1. The van der Waals surface area contributed by atoms with Gasteiger partial charge in [0.25, 0.3) is 0 Å². The van der Waals surface area contributed by atoms with Gasteiger partial charge >= 0.3 is 0 Å². The molecule has 76 heavy (non-hydrogen) atoms. The van der Waals surface area contributed by atoms with Crippen LogP contribution in [-0.2, 0) is 59.4 Å². The van der Waals surface area contributed by atoms with Gasteiger partial charge in [0.15, 0.2) is 17.9 Å². The smallest absolute Gasteiger partial charge is 0.243 e. The van der Waals surface area contributed by atoms with Crippen LogP contribution in [0.25, 0.3) is 10.9 Å². The van der Waals surface area contributed by atoms with Crippen LogP contribution in [0.5, 0.6) is 5.75 Å². The second kappa shape index (κ2) is 30.3. The lowest BCUT2D eigenvalue weighted by Crippen LogP contribution is -2.60. The van der Waals surface area contributed by atoms with Gasteiger partial charge in [0, 0.05) is 69.5 Å². The number of amides is 7. The Balaban J connectivity index is 1.71. The maximum atomic E-state index is 14.8. The van der Waals surface area contributed by atoms with Gasteiger partial charge in [0.05, 0.1) is 0 Å². The number of primary amides is 1. The molecule has 0 aliphatic carbocycles. The van der Waals surface area contributed by atoms with Crippen molar-refractivity contribution in [1.29, 1.82) is 0 Å². The summed E-state index contributed by atoms with van der Waals surface area (Å²) in [4.78, 5) is 112. The fourth-order valence-corrected chi connectivity index (χ4v) is 8.00. The van der Waals surface area contributed by atoms with Crippen molar-refractivity contribution in [2.45, 2.75) is 108 Å². The Hall–Kier alpha value is -8.94. The number of H-pyrrole nitrogens is 1. The van der Waals surface area contributed by atoms with Crippen molar-refractivity contribution >= 4 is 70.1 Å². The molecule has 24 N–H and O–H groups in total. The Morgan fingerprint density at radius 3 is 1.33 bits per heavy atom. The number of benzene rings is 3. The van der Waals surface area contributed by atoms with E-state index in [1.165, 1.54) is 19.1 Å². The van der Waals surface area contributed by atoms with Crippen molar-refractivity contribution < 1.29 is 38.7 Å². The van der Waals surface area contributed by atoms with Crippen LogP contribution in [-0.4, -0.2) is 125 Å². The van der Waals surface area contributed by atoms with Crippen LogP contribution < -0.4 is 77.8 Å². The number of para-hydroxylation sites is 1. The molecule has 1 aromatic heterocycles. The van der Waals surface area contributed by atoms with E-state index < -0.39 is 77.6 Å². The standard InChI is InChI=1S/C50H72N18O8/c1-28(69)63-37(10-5-21-60-49(55)56)43(72)66-40(24-30-16-18-33(70)19-17-30)46(75)67-39(23-29-12-14-31(26-51)15-13-29)45(74)65-38(11-6-22-61-50(57)58)44(73)68-41(25-32-27-62-35-8-3-2-7-34(32)35)47(76)64-36(42(52)71)9-4-20-59-48(53)54/h2-3,7-8,12-19,27,36-41,62,70H,4-6,9-11,20-26,51H2,1H3,(H2,52,71)(H,63,69)(H,64,76)(H,65,74)(H,66,72)(H,67,75)(H,68,73)(H4,53,54,59)(H4,55,56,60)(H4,57,58,61)/t36-,37-,38-,39-,40-,41-/m0/s1. The Morgan fingerprint density at radius 1 is 0.500 bits per heavy atom. The molecule has 6 atom stereocenters. The van der Waals surface area contributed by atoms with E-state index in [1.54, 1.807) is 42.6 Å². The molecule has 0 aliphatic heterocycles. The fourth-order valence-electron chi connectivity index (χ4n) is 8.00. The van der Waals surface area contributed by atoms with E-state index in [9.17, 15) is 38.7 Å². The van der Waals surface area contributed by atoms with Crippen molar-refractivity contribution in [2.24, 2.45) is 60.8 Å². The minimum atomic E-state index is -1.42. The summed E-state index contributed by atoms with van der Waals surface area (Å²) < 4.78 is 0. The first-order chi connectivity index (χ1) is 36.2. The van der Waals surface area contributed by atoms with Crippen molar-refractivity contribution in [3.8, 4) is 5.75 Å². The molecule has 4 rings (SSSR count). The van der Waals surface area contributed by atoms with Crippen LogP contribution in [0.15, 0.2) is 94.0 Å². The molecule has 0 fully saturated rings. The lowest BCUT2D eigenvalue weighted by molar-refractivity contribution is -0.135. The Morgan fingerprint density at radius 2 is 0.882 bits per heavy atom. The number of nitrogens with two attached hydrogens (primary N) is 8. The number of hydrogen-bond donors (Lipinski definition) is 16. The third-order valence-electron chi connectivity index (χ3n) is 11.9. The van der Waals surface area contributed by atoms with Gasteiger partial charge in [-0.05, 0) is 79.0 Å². The van der Waals surface area contributed by atoms with Gasteiger partial charge in [-0.1, -0.05) is 54.6 Å². The summed E-state index contributed by atoms with van der Waals surface area (Å²) in [5, 5.41) is 27.1. The molecule has 7 amide bonds. The van der Waals surface area contributed by atoms with Crippen LogP contribution in [0, 0.1) is 0 Å². The molecule has 0 spiro atoms. The number of nitrogens with zero attached hydrogens (tertiary/aromatic N) is 3. The zero-order chi connectivity index (χ0) is 55.7. The number of hydrogen-bond acceptors (Lipinski definition) is 12. The number of phenolic OH excluding ortho intramolecular Hbond substituents is 1. The van der Waals surface area contributed by atoms with E-state index in [0.29, 0.717) is 16.7 Å². The predicted octanol–water partition coefficient (Wildman–Crippen LogP) is -3.07. The van der Waals surface area contributed by atoms with E-state index in [0.717, 1.165) is 16.5 Å². The fraction of sp³-hybridized carbons (Fsp3) is 0.400. The molecule has 4 aromatic rings. The Bertz CT molecular complexity index is 2680. The van der Waals surface area contributed by atoms with Crippen molar-refractivity contribution in [3.05, 3.63) is 101 Å². The molecule has 3 aromatic carbocycles. The summed E-state index contributed by atoms with van der Waals surface area (Å²) in [5.74, 6) is -5.92. The molecular formula is C50H72N18O8. The highest BCUT2D eigenvalue weighted by Gasteiger charge is 2.34. The molecule has 0 unspecified atom stereocenters. The maximum absolute atomic E-state index is 14.8. The molecule has 26 nitrogen and oxygen atoms in total. The average Bonchev–Trinajstić information content (AvgIpc) is 3.78. The molecule has 0 bridgehead atoms. The summed E-state index contributed by atoms with van der Waals surface area (Å²) in [7, 11) is 0. The molecule has 0 radical (unpaired) electrons. The van der Waals surface area contributed by atoms with Crippen LogP contribution in [0.3, 0.4) is 0 Å². The molecule has 0 saturated carbocycles. The molecule has 0 aliphatic rings. The Kier molecular flexibility index (Phi) is 23.8. The second-order valence-electron chi connectivity index (χ2n) is 18.0. The monoisotopic (exact) mass is 1050 g/mol. The normalized spacial score (nSPS) is 13.2. The summed E-state index contributed by atoms with van der Waals surface area (Å²) in [5.41, 5.74) is 47.8. The number of aliphatic imine (C=N–C) groups is 3. The number of rotatable bonds is 31. The SMILES string of the molecule is CC(=O)N[C@@H](CCCN=C(N)N)C(=O)N[C@@H](Cc1ccc(O)cc1)C(=O)N[C@@H](Cc1ccc(CN)cc1)C(=O)N[C@@H](CCCN=C(N)N)C(=O)N[C@@H](Cc1c[nH]c2ccccc12)C(=O)N[C@@H](CCCN=C(N)N)C(N)=O. The molecule has 410 valence electrons. The van der Waals surface area contributed by atoms with Gasteiger partial charge in [-0.15, -0.1) is 0 Å². The number of aromatic amines is 1. The number of phenols is 1. The van der Waals surface area contributed by atoms with Crippen LogP contribution in [0.1, 0.15) is 67.7 Å². The lowest BCUT2D eigenvalue weighted by atomic mass is 10.00. The van der Waals surface area contributed by atoms with Gasteiger partial charge in [-0.3, -0.25) is 48.5 Å². The molecule has 1 heterocycles. The maximum Gasteiger partial charge on any atom is 0.243 e. The highest BCUT2D eigenvalue weighted by Crippen LogP contribution is 2.20. The van der Waals surface area contributed by atoms with Crippen molar-refractivity contribution in [2.75, 3.05) is 19.6 Å². The first-order valence-corrected chi connectivity index (χ1v) is 24.6. The number of guanidine groups is 3. The van der Waals surface area contributed by atoms with Gasteiger partial charge in [-0.2, -0.15) is 0 Å². The third kappa shape index (κ3) is 20.5. The lowest BCUT2D eigenvalue weighted by Gasteiger charge is -2.28. The first-order valence-electron chi connectivity index (χ1n) is 24.6. The van der Waals surface area contributed by atoms with E-state index in [-0.39, 0.29) is 108 Å². The third-order valence-corrected chi connectivity index (χ3v) is 11.9. The number of carbonyl (C=O) groups is 7.